The molecular weight excluding hydrogens is 420 g/mol. The smallest absolute Gasteiger partial charge is 0.249 e. The van der Waals surface area contributed by atoms with Crippen LogP contribution in [0, 0.1) is 16.7 Å². The fourth-order valence-electron chi connectivity index (χ4n) is 3.57. The Bertz CT molecular complexity index is 1040. The molecule has 2 aliphatic rings. The number of aromatic nitrogens is 1. The predicted molar refractivity (Wildman–Crippen MR) is 126 cm³/mol. The molecule has 1 aromatic heterocycles. The fourth-order valence-corrected chi connectivity index (χ4v) is 3.57. The van der Waals surface area contributed by atoms with Crippen molar-refractivity contribution >= 4 is 23.5 Å². The molecule has 2 aliphatic heterocycles. The molecule has 0 aliphatic carbocycles. The minimum Gasteiger partial charge on any atom is -0.492 e. The first-order valence-electron chi connectivity index (χ1n) is 10.7. The van der Waals surface area contributed by atoms with Crippen LogP contribution in [0.4, 0.5) is 5.82 Å². The van der Waals surface area contributed by atoms with Crippen LogP contribution in [0.25, 0.3) is 5.57 Å². The molecule has 3 heterocycles. The van der Waals surface area contributed by atoms with E-state index in [1.807, 2.05) is 18.2 Å². The van der Waals surface area contributed by atoms with E-state index in [1.54, 1.807) is 30.3 Å². The minimum atomic E-state index is -0.0152. The van der Waals surface area contributed by atoms with Crippen LogP contribution in [-0.2, 0) is 9.53 Å². The topological polar surface area (TPSA) is 126 Å². The molecule has 0 bridgehead atoms. The number of amides is 1. The monoisotopic (exact) mass is 448 g/mol. The third-order valence-corrected chi connectivity index (χ3v) is 5.33. The van der Waals surface area contributed by atoms with E-state index in [-0.39, 0.29) is 18.1 Å². The number of piperazine rings is 1. The Balaban J connectivity index is 1.79. The lowest BCUT2D eigenvalue weighted by Crippen LogP contribution is -2.49. The van der Waals surface area contributed by atoms with E-state index in [9.17, 15) is 10.1 Å². The van der Waals surface area contributed by atoms with Crippen molar-refractivity contribution in [1.82, 2.24) is 15.2 Å². The van der Waals surface area contributed by atoms with E-state index < -0.39 is 0 Å². The number of hydrogen-bond acceptors (Lipinski definition) is 8. The van der Waals surface area contributed by atoms with E-state index in [0.717, 1.165) is 17.6 Å². The second-order valence-electron chi connectivity index (χ2n) is 7.68. The molecular formula is C24H28N6O3. The summed E-state index contributed by atoms with van der Waals surface area (Å²) in [6.45, 7) is 8.43. The van der Waals surface area contributed by atoms with Crippen LogP contribution in [0.5, 0.6) is 0 Å². The van der Waals surface area contributed by atoms with Crippen molar-refractivity contribution in [2.24, 2.45) is 0 Å². The number of hydrogen-bond donors (Lipinski definition) is 3. The van der Waals surface area contributed by atoms with Gasteiger partial charge in [0.2, 0.25) is 5.91 Å². The minimum absolute atomic E-state index is 0.0152. The van der Waals surface area contributed by atoms with E-state index in [0.29, 0.717) is 61.8 Å². The van der Waals surface area contributed by atoms with Crippen LogP contribution in [-0.4, -0.2) is 66.5 Å². The molecule has 0 unspecified atom stereocenters. The maximum Gasteiger partial charge on any atom is 0.249 e. The summed E-state index contributed by atoms with van der Waals surface area (Å²) in [5.41, 5.74) is 2.69. The van der Waals surface area contributed by atoms with Gasteiger partial charge in [0.05, 0.1) is 17.9 Å². The quantitative estimate of drug-likeness (QED) is 0.240. The Morgan fingerprint density at radius 3 is 2.73 bits per heavy atom. The molecule has 1 amide bonds. The Morgan fingerprint density at radius 2 is 2.15 bits per heavy atom. The highest BCUT2D eigenvalue weighted by Gasteiger charge is 2.23. The van der Waals surface area contributed by atoms with Crippen molar-refractivity contribution in [1.29, 1.82) is 10.7 Å². The number of nitrogens with one attached hydrogen (secondary N) is 2. The van der Waals surface area contributed by atoms with Gasteiger partial charge in [-0.25, -0.2) is 4.98 Å². The summed E-state index contributed by atoms with van der Waals surface area (Å²) >= 11 is 0. The Kier molecular flexibility index (Phi) is 8.00. The summed E-state index contributed by atoms with van der Waals surface area (Å²) in [4.78, 5) is 20.6. The third kappa shape index (κ3) is 5.67. The molecule has 3 N–H and O–H groups in total. The zero-order valence-corrected chi connectivity index (χ0v) is 18.7. The van der Waals surface area contributed by atoms with Gasteiger partial charge in [-0.15, -0.1) is 0 Å². The van der Waals surface area contributed by atoms with Crippen LogP contribution >= 0.6 is 0 Å². The van der Waals surface area contributed by atoms with Crippen molar-refractivity contribution in [2.75, 3.05) is 44.3 Å². The second-order valence-corrected chi connectivity index (χ2v) is 7.68. The van der Waals surface area contributed by atoms with Crippen molar-refractivity contribution in [3.05, 3.63) is 65.4 Å². The van der Waals surface area contributed by atoms with Gasteiger partial charge in [-0.3, -0.25) is 4.79 Å². The van der Waals surface area contributed by atoms with Gasteiger partial charge >= 0.3 is 0 Å². The van der Waals surface area contributed by atoms with Crippen molar-refractivity contribution in [2.45, 2.75) is 13.3 Å². The van der Waals surface area contributed by atoms with Crippen LogP contribution < -0.4 is 10.2 Å². The van der Waals surface area contributed by atoms with Crippen LogP contribution in [0.3, 0.4) is 0 Å². The summed E-state index contributed by atoms with van der Waals surface area (Å²) in [7, 11) is 0. The summed E-state index contributed by atoms with van der Waals surface area (Å²) in [6, 6.07) is 5.86. The predicted octanol–water partition coefficient (Wildman–Crippen LogP) is 1.96. The number of aliphatic hydroxyl groups is 1. The van der Waals surface area contributed by atoms with E-state index >= 15 is 0 Å². The van der Waals surface area contributed by atoms with E-state index in [4.69, 9.17) is 15.3 Å². The molecule has 9 heteroatoms. The van der Waals surface area contributed by atoms with Gasteiger partial charge in [0.15, 0.2) is 0 Å². The first-order chi connectivity index (χ1) is 16.0. The lowest BCUT2D eigenvalue weighted by molar-refractivity contribution is -0.127. The molecule has 3 rings (SSSR count). The van der Waals surface area contributed by atoms with Gasteiger partial charge in [0.1, 0.15) is 17.6 Å². The first-order valence-corrected chi connectivity index (χ1v) is 10.7. The van der Waals surface area contributed by atoms with Crippen LogP contribution in [0.2, 0.25) is 0 Å². The maximum absolute atomic E-state index is 12.1. The highest BCUT2D eigenvalue weighted by molar-refractivity contribution is 5.93. The normalized spacial score (nSPS) is 17.2. The van der Waals surface area contributed by atoms with Gasteiger partial charge in [-0.05, 0) is 25.1 Å². The maximum atomic E-state index is 12.1. The summed E-state index contributed by atoms with van der Waals surface area (Å²) in [5, 5.41) is 29.0. The molecule has 9 nitrogen and oxygen atoms in total. The first kappa shape index (κ1) is 23.8. The Morgan fingerprint density at radius 1 is 1.39 bits per heavy atom. The SMILES string of the molecule is C=C(C)C(=O)N1CCN(c2ccc(C3=CC(OCCCO)=CN/C3=C(/C#N)C=N)cn2)CC1. The molecule has 0 aromatic carbocycles. The standard InChI is InChI=1S/C24H28N6O3/c1-17(2)24(32)30-8-6-29(7-9-30)22-5-4-18(15-27-22)21-12-20(33-11-3-10-31)16-28-23(21)19(13-25)14-26/h4-5,12-13,15-16,25,28,31H,1,3,6-11H2,2H3/b23-19+,25-13?. The summed E-state index contributed by atoms with van der Waals surface area (Å²) < 4.78 is 5.67. The average Bonchev–Trinajstić information content (AvgIpc) is 2.85. The highest BCUT2D eigenvalue weighted by Crippen LogP contribution is 2.29. The van der Waals surface area contributed by atoms with Gasteiger partial charge in [0, 0.05) is 74.5 Å². The molecule has 0 radical (unpaired) electrons. The zero-order valence-electron chi connectivity index (χ0n) is 18.7. The largest absolute Gasteiger partial charge is 0.492 e. The van der Waals surface area contributed by atoms with Crippen LogP contribution in [0.1, 0.15) is 18.9 Å². The molecule has 0 saturated carbocycles. The van der Waals surface area contributed by atoms with Crippen molar-refractivity contribution < 1.29 is 14.6 Å². The van der Waals surface area contributed by atoms with Crippen molar-refractivity contribution in [3.63, 3.8) is 0 Å². The lowest BCUT2D eigenvalue weighted by Gasteiger charge is -2.35. The number of pyridine rings is 1. The Labute approximate surface area is 193 Å². The van der Waals surface area contributed by atoms with E-state index in [2.05, 4.69) is 21.8 Å². The number of ether oxygens (including phenoxy) is 1. The number of carbonyl (C=O) groups is 1. The number of dihydropyridines is 1. The molecule has 1 fully saturated rings. The summed E-state index contributed by atoms with van der Waals surface area (Å²) in [5.74, 6) is 1.35. The number of allylic oxidation sites excluding steroid dienone is 3. The number of nitriles is 1. The number of aliphatic hydroxyl groups excluding tert-OH is 1. The second kappa shape index (κ2) is 11.1. The number of nitrogens with zero attached hydrogens (tertiary/aromatic N) is 4. The number of rotatable bonds is 8. The molecule has 172 valence electrons. The average molecular weight is 449 g/mol. The van der Waals surface area contributed by atoms with Crippen LogP contribution in [0.15, 0.2) is 59.8 Å². The number of carbonyl (C=O) groups excluding carboxylic acids is 1. The third-order valence-electron chi connectivity index (χ3n) is 5.33. The van der Waals surface area contributed by atoms with Gasteiger partial charge in [0.25, 0.3) is 0 Å². The molecule has 1 saturated heterocycles. The van der Waals surface area contributed by atoms with Gasteiger partial charge < -0.3 is 30.4 Å². The van der Waals surface area contributed by atoms with Gasteiger partial charge in [-0.2, -0.15) is 5.26 Å². The zero-order chi connectivity index (χ0) is 23.8. The molecule has 1 aromatic rings. The lowest BCUT2D eigenvalue weighted by atomic mass is 9.98. The fraction of sp³-hybridized carbons (Fsp3) is 0.333. The highest BCUT2D eigenvalue weighted by atomic mass is 16.5. The Hall–Kier alpha value is -3.90. The van der Waals surface area contributed by atoms with Gasteiger partial charge in [-0.1, -0.05) is 6.58 Å². The van der Waals surface area contributed by atoms with Crippen molar-refractivity contribution in [3.8, 4) is 6.07 Å². The molecule has 0 atom stereocenters. The molecule has 0 spiro atoms. The molecule has 33 heavy (non-hydrogen) atoms. The van der Waals surface area contributed by atoms with E-state index in [1.165, 1.54) is 0 Å². The summed E-state index contributed by atoms with van der Waals surface area (Å²) in [6.07, 6.45) is 6.67. The number of anilines is 1.